The lowest BCUT2D eigenvalue weighted by Gasteiger charge is -2.47. The zero-order chi connectivity index (χ0) is 54.8. The van der Waals surface area contributed by atoms with Gasteiger partial charge in [-0.25, -0.2) is 23.0 Å². The fourth-order valence-electron chi connectivity index (χ4n) is 11.4. The van der Waals surface area contributed by atoms with Crippen molar-refractivity contribution in [2.45, 2.75) is 109 Å². The molecule has 3 amide bonds. The average Bonchev–Trinajstić information content (AvgIpc) is 4.08. The second-order valence-corrected chi connectivity index (χ2v) is 22.4. The molecule has 0 spiro atoms. The predicted molar refractivity (Wildman–Crippen MR) is 281 cm³/mol. The van der Waals surface area contributed by atoms with Crippen LogP contribution in [0.25, 0.3) is 39.4 Å². The van der Waals surface area contributed by atoms with E-state index in [9.17, 15) is 47.7 Å². The number of amides is 3. The number of aromatic nitrogens is 5. The number of benzene rings is 3. The number of carbonyl (C=O) groups is 4. The summed E-state index contributed by atoms with van der Waals surface area (Å²) in [5.41, 5.74) is 4.11. The molecule has 0 aliphatic carbocycles. The summed E-state index contributed by atoms with van der Waals surface area (Å²) in [5, 5.41) is 43.8. The molecule has 4 N–H and O–H groups in total. The average molecular weight is 1070 g/mol. The molecule has 0 bridgehead atoms. The first kappa shape index (κ1) is 52.7. The first-order valence-corrected chi connectivity index (χ1v) is 27.5. The lowest BCUT2D eigenvalue weighted by Crippen LogP contribution is -2.57. The van der Waals surface area contributed by atoms with E-state index in [0.29, 0.717) is 92.1 Å². The summed E-state index contributed by atoms with van der Waals surface area (Å²) in [7, 11) is -2.29. The number of aryl methyl sites for hydroxylation is 1. The van der Waals surface area contributed by atoms with Crippen LogP contribution in [0, 0.1) is 5.92 Å². The Labute approximate surface area is 444 Å². The number of hydrogen-bond acceptors (Lipinski definition) is 15. The number of fused-ring (bicyclic) bond motifs is 5. The van der Waals surface area contributed by atoms with Gasteiger partial charge in [0, 0.05) is 79.5 Å². The zero-order valence-corrected chi connectivity index (χ0v) is 44.5. The number of rotatable bonds is 12. The summed E-state index contributed by atoms with van der Waals surface area (Å²) >= 11 is 0. The van der Waals surface area contributed by atoms with Gasteiger partial charge < -0.3 is 44.5 Å². The smallest absolute Gasteiger partial charge is 0.415 e. The molecule has 0 saturated carbocycles. The fourth-order valence-corrected chi connectivity index (χ4v) is 12.9. The van der Waals surface area contributed by atoms with Crippen LogP contribution in [0.3, 0.4) is 0 Å². The molecule has 3 aromatic heterocycles. The third kappa shape index (κ3) is 9.14. The van der Waals surface area contributed by atoms with Gasteiger partial charge in [-0.1, -0.05) is 27.7 Å². The Kier molecular flexibility index (Phi) is 13.9. The number of nitrogens with one attached hydrogen (secondary N) is 1. The van der Waals surface area contributed by atoms with Gasteiger partial charge >= 0.3 is 12.1 Å². The van der Waals surface area contributed by atoms with Crippen LogP contribution in [0.1, 0.15) is 117 Å². The summed E-state index contributed by atoms with van der Waals surface area (Å²) in [6, 6.07) is 15.6. The van der Waals surface area contributed by atoms with Crippen LogP contribution in [0.4, 0.5) is 4.79 Å². The van der Waals surface area contributed by atoms with Crippen molar-refractivity contribution in [3.05, 3.63) is 105 Å². The predicted octanol–water partition coefficient (Wildman–Crippen LogP) is 5.91. The number of aromatic hydroxyl groups is 2. The Morgan fingerprint density at radius 2 is 1.64 bits per heavy atom. The van der Waals surface area contributed by atoms with Crippen molar-refractivity contribution < 1.29 is 52.4 Å². The van der Waals surface area contributed by atoms with Crippen LogP contribution in [-0.4, -0.2) is 131 Å². The number of nitrogens with zero attached hydrogens (tertiary/aromatic N) is 8. The number of ether oxygens (including phenoxy) is 2. The van der Waals surface area contributed by atoms with Gasteiger partial charge in [0.2, 0.25) is 21.8 Å². The maximum absolute atomic E-state index is 14.1. The minimum absolute atomic E-state index is 0.0133. The van der Waals surface area contributed by atoms with Crippen LogP contribution >= 0.6 is 0 Å². The monoisotopic (exact) mass is 1070 g/mol. The zero-order valence-electron chi connectivity index (χ0n) is 43.7. The highest BCUT2D eigenvalue weighted by atomic mass is 32.2. The number of pyridine rings is 2. The summed E-state index contributed by atoms with van der Waals surface area (Å²) in [6.07, 6.45) is 0.755. The quantitative estimate of drug-likeness (QED) is 0.104. The topological polar surface area (TPSA) is 269 Å². The van der Waals surface area contributed by atoms with Crippen molar-refractivity contribution >= 4 is 44.8 Å². The third-order valence-electron chi connectivity index (χ3n) is 16.0. The van der Waals surface area contributed by atoms with Crippen molar-refractivity contribution in [1.82, 2.24) is 43.7 Å². The van der Waals surface area contributed by atoms with Crippen LogP contribution in [0.5, 0.6) is 17.2 Å². The number of piperidine rings is 2. The molecule has 21 nitrogen and oxygen atoms in total. The molecule has 7 heterocycles. The molecule has 2 saturated heterocycles. The maximum atomic E-state index is 14.1. The molecule has 3 aromatic carbocycles. The Bertz CT molecular complexity index is 3560. The highest BCUT2D eigenvalue weighted by Crippen LogP contribution is 2.41. The Morgan fingerprint density at radius 3 is 2.30 bits per heavy atom. The lowest BCUT2D eigenvalue weighted by atomic mass is 9.83. The van der Waals surface area contributed by atoms with Gasteiger partial charge in [0.15, 0.2) is 11.9 Å². The van der Waals surface area contributed by atoms with E-state index in [1.165, 1.54) is 39.2 Å². The maximum Gasteiger partial charge on any atom is 0.415 e. The molecule has 6 aromatic rings. The molecule has 2 fully saturated rings. The van der Waals surface area contributed by atoms with Crippen LogP contribution in [0.15, 0.2) is 70.4 Å². The van der Waals surface area contributed by atoms with Crippen molar-refractivity contribution in [3.63, 3.8) is 0 Å². The molecule has 1 atom stereocenters. The largest absolute Gasteiger partial charge is 0.508 e. The van der Waals surface area contributed by atoms with Gasteiger partial charge in [-0.05, 0) is 117 Å². The third-order valence-corrected chi connectivity index (χ3v) is 17.9. The molecular formula is C55H61N9O12S. The molecule has 0 radical (unpaired) electrons. The first-order chi connectivity index (χ1) is 36.8. The first-order valence-electron chi connectivity index (χ1n) is 26.0. The number of cyclic esters (lactones) is 1. The second kappa shape index (κ2) is 20.4. The lowest BCUT2D eigenvalue weighted by molar-refractivity contribution is -0.157. The molecule has 1 unspecified atom stereocenters. The van der Waals surface area contributed by atoms with Crippen molar-refractivity contribution in [2.75, 3.05) is 39.8 Å². The van der Waals surface area contributed by atoms with Gasteiger partial charge in [-0.2, -0.15) is 4.31 Å². The summed E-state index contributed by atoms with van der Waals surface area (Å²) in [5.74, 6) is -1.94. The van der Waals surface area contributed by atoms with Gasteiger partial charge in [0.05, 0.1) is 39.5 Å². The number of carbonyl (C=O) groups excluding carboxylic acids is 4. The van der Waals surface area contributed by atoms with Crippen molar-refractivity contribution in [3.8, 4) is 45.7 Å². The van der Waals surface area contributed by atoms with E-state index in [1.54, 1.807) is 53.8 Å². The van der Waals surface area contributed by atoms with Gasteiger partial charge in [-0.15, -0.1) is 10.2 Å². The Morgan fingerprint density at radius 1 is 0.922 bits per heavy atom. The number of esters is 1. The van der Waals surface area contributed by atoms with E-state index in [2.05, 4.69) is 15.5 Å². The Balaban J connectivity index is 0.774. The number of sulfonamides is 1. The van der Waals surface area contributed by atoms with Crippen LogP contribution in [-0.2, 0) is 43.9 Å². The number of hydrogen-bond donors (Lipinski definition) is 4. The summed E-state index contributed by atoms with van der Waals surface area (Å²) < 4.78 is 43.6. The van der Waals surface area contributed by atoms with E-state index >= 15 is 0 Å². The molecular weight excluding hydrogens is 1010 g/mol. The summed E-state index contributed by atoms with van der Waals surface area (Å²) in [6.45, 7) is 10.9. The normalized spacial score (nSPS) is 17.4. The van der Waals surface area contributed by atoms with Gasteiger partial charge in [-0.3, -0.25) is 19.0 Å². The number of aliphatic hydroxyl groups excluding tert-OH is 1. The summed E-state index contributed by atoms with van der Waals surface area (Å²) in [4.78, 5) is 75.3. The molecule has 4 aliphatic rings. The van der Waals surface area contributed by atoms with Gasteiger partial charge in [0.1, 0.15) is 23.9 Å². The number of likely N-dealkylation sites (tertiary alicyclic amines) is 1. The minimum Gasteiger partial charge on any atom is -0.508 e. The molecule has 22 heteroatoms. The van der Waals surface area contributed by atoms with Crippen molar-refractivity contribution in [1.29, 1.82) is 0 Å². The van der Waals surface area contributed by atoms with E-state index in [1.807, 2.05) is 32.6 Å². The standard InChI is InChI=1S/C55H61N9O12S/c1-7-35-37-24-33(12-15-42(37)57-46-40(35)28-63-43(46)26-38-41(52(63)70)29-75-53(71)47(38)67)76-54(72)60(6)55(8-2)18-22-61(23-19-55)51(69)31-16-20-62(21-17-31)77(73,74)34-13-10-32(11-14-34)64-48(58-59-49(64)50(68)56-9-3)39-25-36(30(4)5)44(65)27-45(39)66/h10-15,24-27,30-31,47,65-67H,7-9,16-23,28-29H2,1-6H3,(H,56,68). The molecule has 77 heavy (non-hydrogen) atoms. The molecule has 404 valence electrons. The highest BCUT2D eigenvalue weighted by molar-refractivity contribution is 7.89. The second-order valence-electron chi connectivity index (χ2n) is 20.4. The fraction of sp³-hybridized carbons (Fsp3) is 0.418. The van der Waals surface area contributed by atoms with Crippen molar-refractivity contribution in [2.24, 2.45) is 5.92 Å². The van der Waals surface area contributed by atoms with E-state index < -0.39 is 45.6 Å². The minimum atomic E-state index is -4.00. The number of phenolic OH excluding ortho intramolecular Hbond substituents is 2. The van der Waals surface area contributed by atoms with E-state index in [4.69, 9.17) is 14.5 Å². The van der Waals surface area contributed by atoms with E-state index in [0.717, 1.165) is 16.5 Å². The highest BCUT2D eigenvalue weighted by Gasteiger charge is 2.43. The van der Waals surface area contributed by atoms with Crippen LogP contribution < -0.4 is 15.6 Å². The number of phenols is 2. The Hall–Kier alpha value is -7.69. The van der Waals surface area contributed by atoms with E-state index in [-0.39, 0.29) is 88.4 Å². The van der Waals surface area contributed by atoms with Gasteiger partial charge in [0.25, 0.3) is 11.5 Å². The molecule has 10 rings (SSSR count). The van der Waals surface area contributed by atoms with Crippen LogP contribution in [0.2, 0.25) is 0 Å². The number of aliphatic hydroxyl groups is 1. The SMILES string of the molecule is CCNC(=O)c1nnc(-c2cc(C(C)C)c(O)cc2O)n1-c1ccc(S(=O)(=O)N2CCC(C(=O)N3CCC(CC)(N(C)C(=O)Oc4ccc5nc6c(c(CC)c5c4)Cn4c-6cc5c(c4=O)COC(=O)C5O)CC3)CC2)cc1. The molecule has 4 aliphatic heterocycles.